The molecule has 1 heterocycles. The lowest BCUT2D eigenvalue weighted by Crippen LogP contribution is -2.13. The first-order chi connectivity index (χ1) is 9.26. The van der Waals surface area contributed by atoms with Crippen LogP contribution in [-0.4, -0.2) is 24.3 Å². The number of fused-ring (bicyclic) bond motifs is 1. The smallest absolute Gasteiger partial charge is 0.411 e. The predicted octanol–water partition coefficient (Wildman–Crippen LogP) is 3.20. The zero-order chi connectivity index (χ0) is 13.7. The second-order valence-corrected chi connectivity index (χ2v) is 3.79. The molecule has 5 heteroatoms. The number of aromatic nitrogens is 1. The van der Waals surface area contributed by atoms with Crippen molar-refractivity contribution in [2.75, 3.05) is 18.5 Å². The molecule has 0 fully saturated rings. The Morgan fingerprint density at radius 1 is 1.26 bits per heavy atom. The summed E-state index contributed by atoms with van der Waals surface area (Å²) in [4.78, 5) is 15.8. The summed E-state index contributed by atoms with van der Waals surface area (Å²) < 4.78 is 10.4. The maximum absolute atomic E-state index is 11.5. The van der Waals surface area contributed by atoms with Crippen LogP contribution in [0.5, 0.6) is 5.75 Å². The summed E-state index contributed by atoms with van der Waals surface area (Å²) >= 11 is 0. The first-order valence-corrected chi connectivity index (χ1v) is 6.20. The van der Waals surface area contributed by atoms with Gasteiger partial charge in [-0.2, -0.15) is 0 Å². The Morgan fingerprint density at radius 2 is 2.11 bits per heavy atom. The average Bonchev–Trinajstić information content (AvgIpc) is 2.40. The van der Waals surface area contributed by atoms with Gasteiger partial charge in [-0.05, 0) is 32.0 Å². The third-order valence-electron chi connectivity index (χ3n) is 2.54. The summed E-state index contributed by atoms with van der Waals surface area (Å²) in [7, 11) is 0. The molecule has 1 N–H and O–H groups in total. The largest absolute Gasteiger partial charge is 0.493 e. The van der Waals surface area contributed by atoms with Crippen LogP contribution < -0.4 is 10.1 Å². The first-order valence-electron chi connectivity index (χ1n) is 6.20. The van der Waals surface area contributed by atoms with Crippen LogP contribution in [0.2, 0.25) is 0 Å². The van der Waals surface area contributed by atoms with E-state index in [-0.39, 0.29) is 0 Å². The summed E-state index contributed by atoms with van der Waals surface area (Å²) in [5.41, 5.74) is 1.29. The molecule has 0 aliphatic carbocycles. The summed E-state index contributed by atoms with van der Waals surface area (Å²) in [6.07, 6.45) is 1.17. The van der Waals surface area contributed by atoms with E-state index in [1.165, 1.54) is 0 Å². The maximum Gasteiger partial charge on any atom is 0.411 e. The zero-order valence-corrected chi connectivity index (χ0v) is 11.0. The molecule has 1 amide bonds. The predicted molar refractivity (Wildman–Crippen MR) is 73.6 cm³/mol. The Balaban J connectivity index is 2.40. The number of hydrogen-bond donors (Lipinski definition) is 1. The molecule has 0 saturated heterocycles. The van der Waals surface area contributed by atoms with E-state index < -0.39 is 6.09 Å². The Morgan fingerprint density at radius 3 is 2.84 bits per heavy atom. The number of pyridine rings is 1. The van der Waals surface area contributed by atoms with Gasteiger partial charge in [-0.25, -0.2) is 4.79 Å². The number of anilines is 1. The lowest BCUT2D eigenvalue weighted by Gasteiger charge is -2.10. The number of benzene rings is 1. The first kappa shape index (κ1) is 13.1. The molecular weight excluding hydrogens is 244 g/mol. The van der Waals surface area contributed by atoms with Crippen LogP contribution in [0.15, 0.2) is 30.5 Å². The molecule has 5 nitrogen and oxygen atoms in total. The summed E-state index contributed by atoms with van der Waals surface area (Å²) in [5, 5.41) is 3.54. The minimum absolute atomic E-state index is 0.328. The number of nitrogens with zero attached hydrogens (tertiary/aromatic N) is 1. The fraction of sp³-hybridized carbons (Fsp3) is 0.286. The standard InChI is InChI=1S/C14H16N2O3/c1-3-18-12-8-9-15-13-10(12)6-5-7-11(13)16-14(17)19-4-2/h5-9H,3-4H2,1-2H3,(H,16,17). The number of rotatable bonds is 4. The van der Waals surface area contributed by atoms with Crippen molar-refractivity contribution in [3.8, 4) is 5.75 Å². The van der Waals surface area contributed by atoms with E-state index in [1.54, 1.807) is 25.3 Å². The van der Waals surface area contributed by atoms with Gasteiger partial charge in [-0.3, -0.25) is 10.3 Å². The lowest BCUT2D eigenvalue weighted by atomic mass is 10.2. The van der Waals surface area contributed by atoms with Gasteiger partial charge < -0.3 is 9.47 Å². The highest BCUT2D eigenvalue weighted by Gasteiger charge is 2.09. The number of carbonyl (C=O) groups is 1. The van der Waals surface area contributed by atoms with E-state index in [2.05, 4.69) is 10.3 Å². The molecule has 1 aromatic carbocycles. The van der Waals surface area contributed by atoms with Crippen LogP contribution in [0.25, 0.3) is 10.9 Å². The van der Waals surface area contributed by atoms with Crippen LogP contribution in [0.4, 0.5) is 10.5 Å². The van der Waals surface area contributed by atoms with Crippen molar-refractivity contribution in [3.63, 3.8) is 0 Å². The highest BCUT2D eigenvalue weighted by Crippen LogP contribution is 2.28. The molecule has 1 aromatic heterocycles. The lowest BCUT2D eigenvalue weighted by molar-refractivity contribution is 0.168. The van der Waals surface area contributed by atoms with E-state index in [4.69, 9.17) is 9.47 Å². The molecule has 2 rings (SSSR count). The quantitative estimate of drug-likeness (QED) is 0.917. The van der Waals surface area contributed by atoms with Gasteiger partial charge in [0.05, 0.1) is 24.4 Å². The van der Waals surface area contributed by atoms with Crippen LogP contribution in [0.3, 0.4) is 0 Å². The third kappa shape index (κ3) is 2.93. The van der Waals surface area contributed by atoms with Crippen LogP contribution in [0, 0.1) is 0 Å². The van der Waals surface area contributed by atoms with Gasteiger partial charge in [0.15, 0.2) is 0 Å². The van der Waals surface area contributed by atoms with Gasteiger partial charge >= 0.3 is 6.09 Å². The fourth-order valence-electron chi connectivity index (χ4n) is 1.81. The van der Waals surface area contributed by atoms with Crippen molar-refractivity contribution >= 4 is 22.7 Å². The van der Waals surface area contributed by atoms with Gasteiger partial charge in [-0.15, -0.1) is 0 Å². The molecule has 0 atom stereocenters. The molecule has 0 unspecified atom stereocenters. The second-order valence-electron chi connectivity index (χ2n) is 3.79. The van der Waals surface area contributed by atoms with E-state index in [0.717, 1.165) is 11.1 Å². The van der Waals surface area contributed by atoms with Crippen molar-refractivity contribution in [1.29, 1.82) is 0 Å². The third-order valence-corrected chi connectivity index (χ3v) is 2.54. The Hall–Kier alpha value is -2.30. The number of amides is 1. The highest BCUT2D eigenvalue weighted by atomic mass is 16.5. The molecule has 19 heavy (non-hydrogen) atoms. The number of ether oxygens (including phenoxy) is 2. The van der Waals surface area contributed by atoms with Gasteiger partial charge in [0.1, 0.15) is 5.75 Å². The topological polar surface area (TPSA) is 60.5 Å². The minimum atomic E-state index is -0.487. The summed E-state index contributed by atoms with van der Waals surface area (Å²) in [6, 6.07) is 7.33. The van der Waals surface area contributed by atoms with E-state index in [9.17, 15) is 4.79 Å². The number of carbonyl (C=O) groups excluding carboxylic acids is 1. The number of hydrogen-bond acceptors (Lipinski definition) is 4. The van der Waals surface area contributed by atoms with Crippen molar-refractivity contribution in [3.05, 3.63) is 30.5 Å². The molecule has 100 valence electrons. The zero-order valence-electron chi connectivity index (χ0n) is 11.0. The van der Waals surface area contributed by atoms with Crippen LogP contribution >= 0.6 is 0 Å². The van der Waals surface area contributed by atoms with Crippen molar-refractivity contribution < 1.29 is 14.3 Å². The Labute approximate surface area is 111 Å². The van der Waals surface area contributed by atoms with Gasteiger partial charge in [0.25, 0.3) is 0 Å². The summed E-state index contributed by atoms with van der Waals surface area (Å²) in [6.45, 7) is 4.59. The molecule has 0 bridgehead atoms. The summed E-state index contributed by atoms with van der Waals surface area (Å²) in [5.74, 6) is 0.750. The SMILES string of the molecule is CCOC(=O)Nc1cccc2c(OCC)ccnc12. The molecule has 0 aliphatic rings. The van der Waals surface area contributed by atoms with Crippen molar-refractivity contribution in [2.24, 2.45) is 0 Å². The van der Waals surface area contributed by atoms with E-state index in [0.29, 0.717) is 24.4 Å². The van der Waals surface area contributed by atoms with Crippen molar-refractivity contribution in [1.82, 2.24) is 4.98 Å². The Kier molecular flexibility index (Phi) is 4.18. The number of nitrogens with one attached hydrogen (secondary N) is 1. The van der Waals surface area contributed by atoms with Crippen molar-refractivity contribution in [2.45, 2.75) is 13.8 Å². The average molecular weight is 260 g/mol. The molecule has 0 spiro atoms. The molecular formula is C14H16N2O3. The normalized spacial score (nSPS) is 10.2. The van der Waals surface area contributed by atoms with Gasteiger partial charge in [0, 0.05) is 11.6 Å². The second kappa shape index (κ2) is 6.04. The van der Waals surface area contributed by atoms with Gasteiger partial charge in [-0.1, -0.05) is 6.07 Å². The molecule has 0 radical (unpaired) electrons. The van der Waals surface area contributed by atoms with Crippen LogP contribution in [-0.2, 0) is 4.74 Å². The minimum Gasteiger partial charge on any atom is -0.493 e. The van der Waals surface area contributed by atoms with Crippen LogP contribution in [0.1, 0.15) is 13.8 Å². The molecule has 2 aromatic rings. The maximum atomic E-state index is 11.5. The monoisotopic (exact) mass is 260 g/mol. The number of para-hydroxylation sites is 1. The fourth-order valence-corrected chi connectivity index (χ4v) is 1.81. The highest BCUT2D eigenvalue weighted by molar-refractivity contribution is 5.99. The molecule has 0 aliphatic heterocycles. The Bertz CT molecular complexity index is 584. The van der Waals surface area contributed by atoms with Gasteiger partial charge in [0.2, 0.25) is 0 Å². The van der Waals surface area contributed by atoms with E-state index in [1.807, 2.05) is 19.1 Å². The van der Waals surface area contributed by atoms with E-state index >= 15 is 0 Å². The molecule has 0 saturated carbocycles.